The SMILES string of the molecule is CCNc1cc(F)cc2c1Cc1ncc(-c3cncc(C#N)c3)c(-c3cncs3)c1-2. The smallest absolute Gasteiger partial charge is 0.125 e. The van der Waals surface area contributed by atoms with Crippen molar-refractivity contribution in [2.75, 3.05) is 11.9 Å². The molecule has 146 valence electrons. The van der Waals surface area contributed by atoms with Crippen LogP contribution in [0.4, 0.5) is 10.1 Å². The average Bonchev–Trinajstić information content (AvgIpc) is 3.41. The Labute approximate surface area is 176 Å². The van der Waals surface area contributed by atoms with E-state index >= 15 is 0 Å². The van der Waals surface area contributed by atoms with Crippen LogP contribution < -0.4 is 5.32 Å². The van der Waals surface area contributed by atoms with Crippen molar-refractivity contribution in [3.63, 3.8) is 0 Å². The van der Waals surface area contributed by atoms with Crippen molar-refractivity contribution in [1.29, 1.82) is 5.26 Å². The highest BCUT2D eigenvalue weighted by Crippen LogP contribution is 2.49. The van der Waals surface area contributed by atoms with Gasteiger partial charge in [0.1, 0.15) is 11.9 Å². The van der Waals surface area contributed by atoms with Gasteiger partial charge >= 0.3 is 0 Å². The summed E-state index contributed by atoms with van der Waals surface area (Å²) in [4.78, 5) is 14.2. The van der Waals surface area contributed by atoms with Crippen molar-refractivity contribution in [2.45, 2.75) is 13.3 Å². The van der Waals surface area contributed by atoms with Gasteiger partial charge in [0.15, 0.2) is 0 Å². The van der Waals surface area contributed by atoms with E-state index in [2.05, 4.69) is 21.4 Å². The van der Waals surface area contributed by atoms with Crippen molar-refractivity contribution < 1.29 is 4.39 Å². The number of hydrogen-bond acceptors (Lipinski definition) is 6. The molecular weight excluding hydrogens is 397 g/mol. The van der Waals surface area contributed by atoms with Crippen molar-refractivity contribution >= 4 is 17.0 Å². The summed E-state index contributed by atoms with van der Waals surface area (Å²) in [5.74, 6) is -0.286. The maximum absolute atomic E-state index is 14.5. The third kappa shape index (κ3) is 2.93. The summed E-state index contributed by atoms with van der Waals surface area (Å²) in [5, 5.41) is 12.6. The lowest BCUT2D eigenvalue weighted by Crippen LogP contribution is -2.01. The first-order valence-corrected chi connectivity index (χ1v) is 10.4. The number of benzene rings is 1. The van der Waals surface area contributed by atoms with E-state index in [1.807, 2.05) is 19.3 Å². The molecule has 3 heterocycles. The minimum Gasteiger partial charge on any atom is -0.385 e. The molecule has 1 aliphatic rings. The van der Waals surface area contributed by atoms with Crippen molar-refractivity contribution in [1.82, 2.24) is 15.0 Å². The van der Waals surface area contributed by atoms with Gasteiger partial charge in [0, 0.05) is 65.7 Å². The molecule has 5 nitrogen and oxygen atoms in total. The predicted octanol–water partition coefficient (Wildman–Crippen LogP) is 5.28. The monoisotopic (exact) mass is 413 g/mol. The molecule has 0 bridgehead atoms. The number of nitriles is 1. The van der Waals surface area contributed by atoms with E-state index in [0.717, 1.165) is 49.6 Å². The Morgan fingerprint density at radius 2 is 2.00 bits per heavy atom. The van der Waals surface area contributed by atoms with Gasteiger partial charge in [0.2, 0.25) is 0 Å². The molecule has 0 saturated carbocycles. The number of nitrogens with one attached hydrogen (secondary N) is 1. The summed E-state index contributed by atoms with van der Waals surface area (Å²) >= 11 is 1.52. The number of thiazole rings is 1. The fraction of sp³-hybridized carbons (Fsp3) is 0.130. The second-order valence-corrected chi connectivity index (χ2v) is 7.88. The van der Waals surface area contributed by atoms with Gasteiger partial charge in [0.25, 0.3) is 0 Å². The number of anilines is 1. The molecule has 3 aromatic heterocycles. The van der Waals surface area contributed by atoms with E-state index in [4.69, 9.17) is 4.98 Å². The quantitative estimate of drug-likeness (QED) is 0.434. The van der Waals surface area contributed by atoms with Crippen LogP contribution in [0.2, 0.25) is 0 Å². The molecule has 30 heavy (non-hydrogen) atoms. The summed E-state index contributed by atoms with van der Waals surface area (Å²) < 4.78 is 14.5. The lowest BCUT2D eigenvalue weighted by atomic mass is 9.93. The Balaban J connectivity index is 1.82. The fourth-order valence-corrected chi connectivity index (χ4v) is 4.69. The molecule has 1 N–H and O–H groups in total. The van der Waals surface area contributed by atoms with E-state index in [1.54, 1.807) is 29.9 Å². The number of fused-ring (bicyclic) bond motifs is 3. The van der Waals surface area contributed by atoms with Gasteiger partial charge in [-0.25, -0.2) is 4.39 Å². The highest BCUT2D eigenvalue weighted by molar-refractivity contribution is 7.13. The lowest BCUT2D eigenvalue weighted by Gasteiger charge is -2.14. The standard InChI is InChI=1S/C23H16FN5S/c1-2-28-19-5-15(24)4-17-16(19)6-20-22(17)23(21-11-27-12-30-21)18(10-29-20)14-3-13(7-25)8-26-9-14/h3-5,8-12,28H,2,6H2,1H3. The number of aromatic nitrogens is 3. The molecule has 0 saturated heterocycles. The van der Waals surface area contributed by atoms with Crippen LogP contribution in [-0.4, -0.2) is 21.5 Å². The summed E-state index contributed by atoms with van der Waals surface area (Å²) in [5.41, 5.74) is 9.39. The van der Waals surface area contributed by atoms with Gasteiger partial charge in [-0.15, -0.1) is 11.3 Å². The summed E-state index contributed by atoms with van der Waals surface area (Å²) in [6.07, 6.45) is 7.52. The topological polar surface area (TPSA) is 74.5 Å². The molecule has 0 radical (unpaired) electrons. The zero-order chi connectivity index (χ0) is 20.7. The van der Waals surface area contributed by atoms with Crippen molar-refractivity contribution in [3.8, 4) is 38.8 Å². The minimum absolute atomic E-state index is 0.286. The molecule has 1 aliphatic carbocycles. The first kappa shape index (κ1) is 18.4. The van der Waals surface area contributed by atoms with Gasteiger partial charge in [-0.05, 0) is 36.2 Å². The number of rotatable bonds is 4. The molecule has 5 rings (SSSR count). The molecule has 0 unspecified atom stereocenters. The predicted molar refractivity (Wildman–Crippen MR) is 116 cm³/mol. The van der Waals surface area contributed by atoms with E-state index in [-0.39, 0.29) is 5.82 Å². The molecule has 7 heteroatoms. The molecule has 0 spiro atoms. The van der Waals surface area contributed by atoms with E-state index in [0.29, 0.717) is 18.5 Å². The minimum atomic E-state index is -0.286. The largest absolute Gasteiger partial charge is 0.385 e. The van der Waals surface area contributed by atoms with Crippen LogP contribution >= 0.6 is 11.3 Å². The number of pyridine rings is 2. The summed E-state index contributed by atoms with van der Waals surface area (Å²) in [6, 6.07) is 7.06. The highest BCUT2D eigenvalue weighted by Gasteiger charge is 2.29. The van der Waals surface area contributed by atoms with Crippen LogP contribution in [0.1, 0.15) is 23.7 Å². The number of hydrogen-bond donors (Lipinski definition) is 1. The van der Waals surface area contributed by atoms with Crippen LogP contribution in [0, 0.1) is 17.1 Å². The molecule has 0 amide bonds. The second-order valence-electron chi connectivity index (χ2n) is 6.99. The van der Waals surface area contributed by atoms with E-state index in [1.165, 1.54) is 17.5 Å². The van der Waals surface area contributed by atoms with E-state index in [9.17, 15) is 9.65 Å². The van der Waals surface area contributed by atoms with Gasteiger partial charge in [-0.3, -0.25) is 15.0 Å². The van der Waals surface area contributed by atoms with Crippen LogP contribution in [0.25, 0.3) is 32.7 Å². The summed E-state index contributed by atoms with van der Waals surface area (Å²) in [7, 11) is 0. The molecule has 4 aromatic rings. The lowest BCUT2D eigenvalue weighted by molar-refractivity contribution is 0.628. The Morgan fingerprint density at radius 1 is 1.10 bits per heavy atom. The van der Waals surface area contributed by atoms with Gasteiger partial charge < -0.3 is 5.32 Å². The zero-order valence-corrected chi connectivity index (χ0v) is 16.9. The van der Waals surface area contributed by atoms with Gasteiger partial charge in [-0.1, -0.05) is 0 Å². The maximum atomic E-state index is 14.5. The zero-order valence-electron chi connectivity index (χ0n) is 16.1. The highest BCUT2D eigenvalue weighted by atomic mass is 32.1. The maximum Gasteiger partial charge on any atom is 0.125 e. The number of nitrogens with zero attached hydrogens (tertiary/aromatic N) is 4. The second kappa shape index (κ2) is 7.32. The van der Waals surface area contributed by atoms with Crippen molar-refractivity contribution in [3.05, 3.63) is 71.1 Å². The fourth-order valence-electron chi connectivity index (χ4n) is 4.00. The van der Waals surface area contributed by atoms with Crippen molar-refractivity contribution in [2.24, 2.45) is 0 Å². The molecular formula is C23H16FN5S. The average molecular weight is 413 g/mol. The summed E-state index contributed by atoms with van der Waals surface area (Å²) in [6.45, 7) is 2.70. The van der Waals surface area contributed by atoms with Crippen LogP contribution in [0.15, 0.2) is 48.5 Å². The van der Waals surface area contributed by atoms with Crippen LogP contribution in [-0.2, 0) is 6.42 Å². The molecule has 0 atom stereocenters. The molecule has 0 fully saturated rings. The van der Waals surface area contributed by atoms with E-state index < -0.39 is 0 Å². The Hall–Kier alpha value is -3.63. The molecule has 0 aliphatic heterocycles. The Kier molecular flexibility index (Phi) is 4.49. The Bertz CT molecular complexity index is 1310. The third-order valence-corrected chi connectivity index (χ3v) is 6.00. The van der Waals surface area contributed by atoms with Gasteiger partial charge in [-0.2, -0.15) is 5.26 Å². The number of halogens is 1. The first-order valence-electron chi connectivity index (χ1n) is 9.52. The molecule has 1 aromatic carbocycles. The first-order chi connectivity index (χ1) is 14.7. The normalized spacial score (nSPS) is 11.6. The van der Waals surface area contributed by atoms with Crippen LogP contribution in [0.5, 0.6) is 0 Å². The van der Waals surface area contributed by atoms with Crippen LogP contribution in [0.3, 0.4) is 0 Å². The van der Waals surface area contributed by atoms with Gasteiger partial charge in [0.05, 0.1) is 21.6 Å². The Morgan fingerprint density at radius 3 is 2.77 bits per heavy atom. The third-order valence-electron chi connectivity index (χ3n) is 5.21.